The van der Waals surface area contributed by atoms with Crippen molar-refractivity contribution in [2.75, 3.05) is 11.4 Å². The number of carbonyl (C=O) groups is 1. The van der Waals surface area contributed by atoms with Crippen molar-refractivity contribution in [1.82, 2.24) is 14.6 Å². The number of hydrogen-bond acceptors (Lipinski definition) is 4. The Balaban J connectivity index is 1.84. The molecule has 0 aliphatic carbocycles. The van der Waals surface area contributed by atoms with E-state index in [1.807, 2.05) is 43.3 Å². The molecule has 1 aliphatic rings. The summed E-state index contributed by atoms with van der Waals surface area (Å²) in [6.07, 6.45) is 2.80. The van der Waals surface area contributed by atoms with Crippen molar-refractivity contribution < 1.29 is 4.79 Å². The fourth-order valence-electron chi connectivity index (χ4n) is 3.55. The number of nitrogens with two attached hydrogens (primary N) is 1. The Labute approximate surface area is 156 Å². The van der Waals surface area contributed by atoms with E-state index in [1.54, 1.807) is 4.52 Å². The predicted molar refractivity (Wildman–Crippen MR) is 102 cm³/mol. The van der Waals surface area contributed by atoms with Crippen LogP contribution in [0.1, 0.15) is 25.0 Å². The Morgan fingerprint density at radius 3 is 2.73 bits per heavy atom. The topological polar surface area (TPSA) is 76.5 Å². The van der Waals surface area contributed by atoms with Crippen LogP contribution < -0.4 is 10.6 Å². The van der Waals surface area contributed by atoms with E-state index in [0.717, 1.165) is 54.2 Å². The smallest absolute Gasteiger partial charge is 0.240 e. The lowest BCUT2D eigenvalue weighted by atomic mass is 10.0. The number of benzene rings is 1. The van der Waals surface area contributed by atoms with E-state index in [2.05, 4.69) is 9.88 Å². The second-order valence-corrected chi connectivity index (χ2v) is 7.11. The Kier molecular flexibility index (Phi) is 4.28. The van der Waals surface area contributed by atoms with Gasteiger partial charge in [-0.1, -0.05) is 23.7 Å². The normalized spacial score (nSPS) is 17.6. The Bertz CT molecular complexity index is 966. The van der Waals surface area contributed by atoms with Crippen LogP contribution in [-0.4, -0.2) is 33.1 Å². The van der Waals surface area contributed by atoms with Gasteiger partial charge >= 0.3 is 0 Å². The molecule has 0 spiro atoms. The van der Waals surface area contributed by atoms with E-state index >= 15 is 0 Å². The van der Waals surface area contributed by atoms with Gasteiger partial charge in [0.25, 0.3) is 0 Å². The molecule has 4 rings (SSSR count). The molecule has 2 N–H and O–H groups in total. The van der Waals surface area contributed by atoms with Gasteiger partial charge in [0.05, 0.1) is 5.69 Å². The Hall–Kier alpha value is -2.60. The molecule has 1 aliphatic heterocycles. The van der Waals surface area contributed by atoms with Crippen molar-refractivity contribution in [3.8, 4) is 11.3 Å². The first kappa shape index (κ1) is 16.8. The molecular formula is C19H20ClN5O. The van der Waals surface area contributed by atoms with Crippen LogP contribution in [0.5, 0.6) is 0 Å². The van der Waals surface area contributed by atoms with E-state index < -0.39 is 0 Å². The van der Waals surface area contributed by atoms with Gasteiger partial charge in [0.1, 0.15) is 11.9 Å². The quantitative estimate of drug-likeness (QED) is 0.769. The Morgan fingerprint density at radius 2 is 2.00 bits per heavy atom. The van der Waals surface area contributed by atoms with Gasteiger partial charge in [-0.15, -0.1) is 0 Å². The molecule has 1 aromatic carbocycles. The second kappa shape index (κ2) is 6.61. The van der Waals surface area contributed by atoms with Crippen molar-refractivity contribution in [3.05, 3.63) is 47.1 Å². The van der Waals surface area contributed by atoms with Gasteiger partial charge < -0.3 is 10.6 Å². The van der Waals surface area contributed by atoms with Crippen LogP contribution >= 0.6 is 11.6 Å². The maximum absolute atomic E-state index is 11.9. The van der Waals surface area contributed by atoms with Crippen LogP contribution in [-0.2, 0) is 4.79 Å². The van der Waals surface area contributed by atoms with Gasteiger partial charge in [-0.2, -0.15) is 9.61 Å². The minimum Gasteiger partial charge on any atom is -0.368 e. The standard InChI is InChI=1S/C19H20ClN5O/c1-12-10-18(24-9-3-2-4-16(24)19(21)26)25-17(22-12)11-15(23-25)13-5-7-14(20)8-6-13/h5-8,10-11,16H,2-4,9H2,1H3,(H2,21,26). The molecule has 2 aromatic heterocycles. The highest BCUT2D eigenvalue weighted by Gasteiger charge is 2.29. The van der Waals surface area contributed by atoms with Crippen LogP contribution in [0, 0.1) is 6.92 Å². The number of carbonyl (C=O) groups excluding carboxylic acids is 1. The second-order valence-electron chi connectivity index (χ2n) is 6.67. The molecular weight excluding hydrogens is 350 g/mol. The fourth-order valence-corrected chi connectivity index (χ4v) is 3.67. The van der Waals surface area contributed by atoms with Crippen LogP contribution in [0.4, 0.5) is 5.82 Å². The van der Waals surface area contributed by atoms with Crippen LogP contribution in [0.3, 0.4) is 0 Å². The largest absolute Gasteiger partial charge is 0.368 e. The molecule has 0 saturated carbocycles. The minimum atomic E-state index is -0.308. The summed E-state index contributed by atoms with van der Waals surface area (Å²) in [5.74, 6) is 0.564. The van der Waals surface area contributed by atoms with Crippen molar-refractivity contribution in [3.63, 3.8) is 0 Å². The lowest BCUT2D eigenvalue weighted by Crippen LogP contribution is -2.48. The molecule has 1 atom stereocenters. The summed E-state index contributed by atoms with van der Waals surface area (Å²) in [6, 6.07) is 11.2. The van der Waals surface area contributed by atoms with Crippen molar-refractivity contribution in [1.29, 1.82) is 0 Å². The van der Waals surface area contributed by atoms with Crippen molar-refractivity contribution in [2.24, 2.45) is 5.73 Å². The first-order valence-corrected chi connectivity index (χ1v) is 9.10. The number of aryl methyl sites for hydroxylation is 1. The molecule has 1 amide bonds. The molecule has 26 heavy (non-hydrogen) atoms. The molecule has 134 valence electrons. The van der Waals surface area contributed by atoms with Gasteiger partial charge in [0.15, 0.2) is 5.65 Å². The number of halogens is 1. The summed E-state index contributed by atoms with van der Waals surface area (Å²) in [6.45, 7) is 2.73. The summed E-state index contributed by atoms with van der Waals surface area (Å²) in [7, 11) is 0. The summed E-state index contributed by atoms with van der Waals surface area (Å²) >= 11 is 5.98. The fraction of sp³-hybridized carbons (Fsp3) is 0.316. The molecule has 1 saturated heterocycles. The van der Waals surface area contributed by atoms with E-state index in [9.17, 15) is 4.79 Å². The lowest BCUT2D eigenvalue weighted by molar-refractivity contribution is -0.119. The minimum absolute atomic E-state index is 0.294. The molecule has 6 nitrogen and oxygen atoms in total. The van der Waals surface area contributed by atoms with Crippen LogP contribution in [0.15, 0.2) is 36.4 Å². The first-order chi connectivity index (χ1) is 12.5. The van der Waals surface area contributed by atoms with Gasteiger partial charge in [-0.05, 0) is 38.3 Å². The zero-order valence-corrected chi connectivity index (χ0v) is 15.3. The first-order valence-electron chi connectivity index (χ1n) is 8.72. The maximum Gasteiger partial charge on any atom is 0.240 e. The molecule has 3 heterocycles. The number of primary amides is 1. The number of fused-ring (bicyclic) bond motifs is 1. The van der Waals surface area contributed by atoms with Gasteiger partial charge in [-0.3, -0.25) is 4.79 Å². The third-order valence-corrected chi connectivity index (χ3v) is 5.05. The van der Waals surface area contributed by atoms with E-state index in [0.29, 0.717) is 5.02 Å². The number of piperidine rings is 1. The van der Waals surface area contributed by atoms with E-state index in [1.165, 1.54) is 0 Å². The highest BCUT2D eigenvalue weighted by Crippen LogP contribution is 2.28. The van der Waals surface area contributed by atoms with Crippen molar-refractivity contribution in [2.45, 2.75) is 32.2 Å². The number of anilines is 1. The monoisotopic (exact) mass is 369 g/mol. The summed E-state index contributed by atoms with van der Waals surface area (Å²) in [4.78, 5) is 18.6. The zero-order chi connectivity index (χ0) is 18.3. The molecule has 1 fully saturated rings. The molecule has 1 unspecified atom stereocenters. The summed E-state index contributed by atoms with van der Waals surface area (Å²) in [5, 5.41) is 5.42. The van der Waals surface area contributed by atoms with E-state index in [-0.39, 0.29) is 11.9 Å². The SMILES string of the molecule is Cc1cc(N2CCCCC2C(N)=O)n2nc(-c3ccc(Cl)cc3)cc2n1. The average molecular weight is 370 g/mol. The average Bonchev–Trinajstić information content (AvgIpc) is 3.05. The molecule has 0 bridgehead atoms. The number of rotatable bonds is 3. The number of aromatic nitrogens is 3. The predicted octanol–water partition coefficient (Wildman–Crippen LogP) is 3.20. The van der Waals surface area contributed by atoms with Crippen LogP contribution in [0.2, 0.25) is 5.02 Å². The third-order valence-electron chi connectivity index (χ3n) is 4.80. The highest BCUT2D eigenvalue weighted by molar-refractivity contribution is 6.30. The molecule has 0 radical (unpaired) electrons. The highest BCUT2D eigenvalue weighted by atomic mass is 35.5. The number of amides is 1. The number of hydrogen-bond donors (Lipinski definition) is 1. The zero-order valence-electron chi connectivity index (χ0n) is 14.5. The third kappa shape index (κ3) is 3.01. The van der Waals surface area contributed by atoms with Crippen LogP contribution in [0.25, 0.3) is 16.9 Å². The van der Waals surface area contributed by atoms with Gasteiger partial charge in [-0.25, -0.2) is 4.98 Å². The number of nitrogens with zero attached hydrogens (tertiary/aromatic N) is 4. The lowest BCUT2D eigenvalue weighted by Gasteiger charge is -2.35. The Morgan fingerprint density at radius 1 is 1.23 bits per heavy atom. The molecule has 7 heteroatoms. The summed E-state index contributed by atoms with van der Waals surface area (Å²) < 4.78 is 1.80. The van der Waals surface area contributed by atoms with Crippen molar-refractivity contribution >= 4 is 29.0 Å². The summed E-state index contributed by atoms with van der Waals surface area (Å²) in [5.41, 5.74) is 9.06. The maximum atomic E-state index is 11.9. The van der Waals surface area contributed by atoms with Gasteiger partial charge in [0.2, 0.25) is 5.91 Å². The van der Waals surface area contributed by atoms with Gasteiger partial charge in [0, 0.05) is 35.0 Å². The molecule has 3 aromatic rings. The van der Waals surface area contributed by atoms with E-state index in [4.69, 9.17) is 22.4 Å².